The first kappa shape index (κ1) is 14.9. The van der Waals surface area contributed by atoms with Gasteiger partial charge in [-0.15, -0.1) is 11.3 Å². The Morgan fingerprint density at radius 3 is 2.50 bits per heavy atom. The molecule has 3 nitrogen and oxygen atoms in total. The first-order valence-corrected chi connectivity index (χ1v) is 7.77. The molecule has 1 aromatic heterocycles. The van der Waals surface area contributed by atoms with Crippen LogP contribution in [0.1, 0.15) is 17.4 Å². The van der Waals surface area contributed by atoms with Crippen LogP contribution in [0, 0.1) is 6.92 Å². The molecule has 0 aliphatic heterocycles. The highest BCUT2D eigenvalue weighted by Crippen LogP contribution is 2.26. The summed E-state index contributed by atoms with van der Waals surface area (Å²) >= 11 is 1.79. The van der Waals surface area contributed by atoms with E-state index in [1.54, 1.807) is 11.3 Å². The van der Waals surface area contributed by atoms with Crippen LogP contribution in [0.25, 0.3) is 0 Å². The molecule has 0 unspecified atom stereocenters. The van der Waals surface area contributed by atoms with Crippen molar-refractivity contribution in [1.82, 2.24) is 5.32 Å². The van der Waals surface area contributed by atoms with Gasteiger partial charge < -0.3 is 14.8 Å². The fraction of sp³-hybridized carbons (Fsp3) is 0.375. The van der Waals surface area contributed by atoms with Crippen LogP contribution in [0.2, 0.25) is 0 Å². The van der Waals surface area contributed by atoms with Crippen LogP contribution in [0.5, 0.6) is 11.5 Å². The van der Waals surface area contributed by atoms with E-state index in [2.05, 4.69) is 23.7 Å². The number of aryl methyl sites for hydroxylation is 1. The maximum absolute atomic E-state index is 5.76. The molecule has 0 amide bonds. The molecule has 1 N–H and O–H groups in total. The Morgan fingerprint density at radius 1 is 1.10 bits per heavy atom. The quantitative estimate of drug-likeness (QED) is 0.753. The van der Waals surface area contributed by atoms with Crippen LogP contribution >= 0.6 is 11.3 Å². The van der Waals surface area contributed by atoms with Crippen molar-refractivity contribution in [1.29, 1.82) is 0 Å². The number of nitrogens with one attached hydrogen (secondary N) is 1. The Labute approximate surface area is 124 Å². The highest BCUT2D eigenvalue weighted by atomic mass is 32.1. The summed E-state index contributed by atoms with van der Waals surface area (Å²) in [4.78, 5) is 1.39. The summed E-state index contributed by atoms with van der Waals surface area (Å²) in [6.07, 6.45) is 0. The second-order valence-electron chi connectivity index (χ2n) is 4.43. The van der Waals surface area contributed by atoms with Gasteiger partial charge in [0, 0.05) is 18.0 Å². The average molecular weight is 291 g/mol. The minimum Gasteiger partial charge on any atom is -0.490 e. The third kappa shape index (κ3) is 4.25. The molecule has 4 heteroatoms. The summed E-state index contributed by atoms with van der Waals surface area (Å²) in [5.74, 6) is 1.62. The van der Waals surface area contributed by atoms with E-state index in [9.17, 15) is 0 Å². The first-order valence-electron chi connectivity index (χ1n) is 6.89. The fourth-order valence-electron chi connectivity index (χ4n) is 1.86. The molecule has 0 aliphatic rings. The lowest BCUT2D eigenvalue weighted by Crippen LogP contribution is -2.20. The summed E-state index contributed by atoms with van der Waals surface area (Å²) in [7, 11) is 0. The Balaban J connectivity index is 1.72. The summed E-state index contributed by atoms with van der Waals surface area (Å²) in [6.45, 7) is 7.12. The monoisotopic (exact) mass is 291 g/mol. The van der Waals surface area contributed by atoms with Crippen LogP contribution in [0.15, 0.2) is 35.7 Å². The van der Waals surface area contributed by atoms with Crippen LogP contribution in [-0.4, -0.2) is 19.8 Å². The third-order valence-corrected chi connectivity index (χ3v) is 3.96. The zero-order chi connectivity index (χ0) is 14.2. The standard InChI is InChI=1S/C16H21NO2S/c1-3-18-14-6-4-5-7-15(14)19-10-9-17-12-16-13(2)8-11-20-16/h4-8,11,17H,3,9-10,12H2,1-2H3. The highest BCUT2D eigenvalue weighted by molar-refractivity contribution is 7.10. The van der Waals surface area contributed by atoms with Gasteiger partial charge in [0.25, 0.3) is 0 Å². The molecule has 0 fully saturated rings. The molecule has 0 radical (unpaired) electrons. The number of para-hydroxylation sites is 2. The molecule has 20 heavy (non-hydrogen) atoms. The van der Waals surface area contributed by atoms with Gasteiger partial charge >= 0.3 is 0 Å². The van der Waals surface area contributed by atoms with Gasteiger partial charge in [-0.1, -0.05) is 12.1 Å². The maximum atomic E-state index is 5.76. The summed E-state index contributed by atoms with van der Waals surface area (Å²) in [5.41, 5.74) is 1.35. The van der Waals surface area contributed by atoms with Gasteiger partial charge in [-0.25, -0.2) is 0 Å². The molecule has 0 bridgehead atoms. The molecule has 1 heterocycles. The van der Waals surface area contributed by atoms with Gasteiger partial charge in [0.2, 0.25) is 0 Å². The second-order valence-corrected chi connectivity index (χ2v) is 5.43. The van der Waals surface area contributed by atoms with E-state index >= 15 is 0 Å². The van der Waals surface area contributed by atoms with Gasteiger partial charge in [0.05, 0.1) is 6.61 Å². The van der Waals surface area contributed by atoms with E-state index in [1.165, 1.54) is 10.4 Å². The van der Waals surface area contributed by atoms with Crippen LogP contribution in [-0.2, 0) is 6.54 Å². The normalized spacial score (nSPS) is 10.5. The second kappa shape index (κ2) is 7.92. The highest BCUT2D eigenvalue weighted by Gasteiger charge is 2.03. The van der Waals surface area contributed by atoms with Crippen molar-refractivity contribution in [3.05, 3.63) is 46.2 Å². The smallest absolute Gasteiger partial charge is 0.161 e. The number of benzene rings is 1. The van der Waals surface area contributed by atoms with Crippen molar-refractivity contribution >= 4 is 11.3 Å². The van der Waals surface area contributed by atoms with E-state index in [1.807, 2.05) is 31.2 Å². The molecule has 0 aliphatic carbocycles. The van der Waals surface area contributed by atoms with Crippen LogP contribution < -0.4 is 14.8 Å². The minimum atomic E-state index is 0.633. The topological polar surface area (TPSA) is 30.5 Å². The third-order valence-electron chi connectivity index (χ3n) is 2.94. The molecule has 0 saturated carbocycles. The van der Waals surface area contributed by atoms with Gasteiger partial charge in [0.1, 0.15) is 6.61 Å². The molecule has 2 aromatic rings. The van der Waals surface area contributed by atoms with E-state index < -0.39 is 0 Å². The van der Waals surface area contributed by atoms with Gasteiger partial charge in [-0.05, 0) is 43.0 Å². The number of rotatable bonds is 8. The van der Waals surface area contributed by atoms with Crippen molar-refractivity contribution in [2.45, 2.75) is 20.4 Å². The van der Waals surface area contributed by atoms with Crippen molar-refractivity contribution < 1.29 is 9.47 Å². The van der Waals surface area contributed by atoms with Crippen LogP contribution in [0.3, 0.4) is 0 Å². The SMILES string of the molecule is CCOc1ccccc1OCCNCc1sccc1C. The zero-order valence-electron chi connectivity index (χ0n) is 12.0. The molecular weight excluding hydrogens is 270 g/mol. The maximum Gasteiger partial charge on any atom is 0.161 e. The van der Waals surface area contributed by atoms with E-state index in [0.717, 1.165) is 24.6 Å². The minimum absolute atomic E-state index is 0.633. The molecule has 0 saturated heterocycles. The lowest BCUT2D eigenvalue weighted by Gasteiger charge is -2.11. The predicted octanol–water partition coefficient (Wildman–Crippen LogP) is 3.62. The molecular formula is C16H21NO2S. The van der Waals surface area contributed by atoms with E-state index in [4.69, 9.17) is 9.47 Å². The number of ether oxygens (including phenoxy) is 2. The van der Waals surface area contributed by atoms with Crippen molar-refractivity contribution in [2.75, 3.05) is 19.8 Å². The molecule has 0 spiro atoms. The lowest BCUT2D eigenvalue weighted by molar-refractivity contribution is 0.275. The number of hydrogen-bond donors (Lipinski definition) is 1. The van der Waals surface area contributed by atoms with Crippen molar-refractivity contribution in [2.24, 2.45) is 0 Å². The van der Waals surface area contributed by atoms with Crippen molar-refractivity contribution in [3.63, 3.8) is 0 Å². The first-order chi connectivity index (χ1) is 9.81. The summed E-state index contributed by atoms with van der Waals surface area (Å²) in [6, 6.07) is 9.93. The molecule has 0 atom stereocenters. The molecule has 108 valence electrons. The Bertz CT molecular complexity index is 525. The Kier molecular flexibility index (Phi) is 5.89. The van der Waals surface area contributed by atoms with E-state index in [-0.39, 0.29) is 0 Å². The average Bonchev–Trinajstić information content (AvgIpc) is 2.86. The van der Waals surface area contributed by atoms with E-state index in [0.29, 0.717) is 13.2 Å². The fourth-order valence-corrected chi connectivity index (χ4v) is 2.74. The lowest BCUT2D eigenvalue weighted by atomic mass is 10.3. The number of hydrogen-bond acceptors (Lipinski definition) is 4. The molecule has 2 rings (SSSR count). The predicted molar refractivity (Wildman–Crippen MR) is 83.9 cm³/mol. The van der Waals surface area contributed by atoms with Crippen LogP contribution in [0.4, 0.5) is 0 Å². The zero-order valence-corrected chi connectivity index (χ0v) is 12.8. The van der Waals surface area contributed by atoms with Gasteiger partial charge in [-0.3, -0.25) is 0 Å². The Morgan fingerprint density at radius 2 is 1.85 bits per heavy atom. The molecule has 1 aromatic carbocycles. The van der Waals surface area contributed by atoms with Crippen molar-refractivity contribution in [3.8, 4) is 11.5 Å². The summed E-state index contributed by atoms with van der Waals surface area (Å²) in [5, 5.41) is 5.52. The number of thiophene rings is 1. The summed E-state index contributed by atoms with van der Waals surface area (Å²) < 4.78 is 11.3. The van der Waals surface area contributed by atoms with Gasteiger partial charge in [0.15, 0.2) is 11.5 Å². The largest absolute Gasteiger partial charge is 0.490 e. The Hall–Kier alpha value is -1.52. The van der Waals surface area contributed by atoms with Gasteiger partial charge in [-0.2, -0.15) is 0 Å².